The van der Waals surface area contributed by atoms with Crippen molar-refractivity contribution in [3.8, 4) is 11.4 Å². The van der Waals surface area contributed by atoms with Crippen LogP contribution in [0.3, 0.4) is 0 Å². The first kappa shape index (κ1) is 9.21. The first-order valence-electron chi connectivity index (χ1n) is 4.11. The molecule has 1 aromatic carbocycles. The Morgan fingerprint density at radius 2 is 2.21 bits per heavy atom. The van der Waals surface area contributed by atoms with E-state index < -0.39 is 0 Å². The molecule has 0 amide bonds. The van der Waals surface area contributed by atoms with Crippen LogP contribution < -0.4 is 5.73 Å². The number of aryl methyl sites for hydroxylation is 1. The zero-order chi connectivity index (χ0) is 10.1. The van der Waals surface area contributed by atoms with Gasteiger partial charge in [-0.3, -0.25) is 5.10 Å². The van der Waals surface area contributed by atoms with Crippen LogP contribution in [0.4, 0.5) is 5.69 Å². The zero-order valence-electron chi connectivity index (χ0n) is 7.58. The average Bonchev–Trinajstić information content (AvgIpc) is 2.56. The van der Waals surface area contributed by atoms with Crippen molar-refractivity contribution in [2.24, 2.45) is 0 Å². The molecule has 14 heavy (non-hydrogen) atoms. The van der Waals surface area contributed by atoms with Gasteiger partial charge in [0.1, 0.15) is 5.82 Å². The van der Waals surface area contributed by atoms with Crippen molar-refractivity contribution in [1.29, 1.82) is 0 Å². The molecule has 4 nitrogen and oxygen atoms in total. The fourth-order valence-corrected chi connectivity index (χ4v) is 1.60. The number of H-pyrrole nitrogens is 1. The molecule has 0 unspecified atom stereocenters. The van der Waals surface area contributed by atoms with Crippen molar-refractivity contribution in [3.05, 3.63) is 28.5 Å². The van der Waals surface area contributed by atoms with Crippen LogP contribution >= 0.6 is 15.9 Å². The standard InChI is InChI=1S/C9H9BrN4/c1-5-12-9(14-13-5)7-4-6(11)2-3-8(7)10/h2-4H,11H2,1H3,(H,12,13,14). The Bertz CT molecular complexity index is 464. The summed E-state index contributed by atoms with van der Waals surface area (Å²) in [5, 5.41) is 6.86. The molecular weight excluding hydrogens is 244 g/mol. The number of benzene rings is 1. The van der Waals surface area contributed by atoms with E-state index >= 15 is 0 Å². The molecule has 0 aliphatic carbocycles. The van der Waals surface area contributed by atoms with Gasteiger partial charge in [-0.15, -0.1) is 0 Å². The number of aromatic nitrogens is 3. The summed E-state index contributed by atoms with van der Waals surface area (Å²) >= 11 is 3.43. The lowest BCUT2D eigenvalue weighted by Gasteiger charge is -2.00. The van der Waals surface area contributed by atoms with E-state index in [1.807, 2.05) is 25.1 Å². The first-order valence-corrected chi connectivity index (χ1v) is 4.90. The van der Waals surface area contributed by atoms with E-state index in [0.29, 0.717) is 11.5 Å². The normalized spacial score (nSPS) is 10.4. The molecule has 0 atom stereocenters. The third-order valence-corrected chi connectivity index (χ3v) is 2.52. The minimum atomic E-state index is 0.654. The van der Waals surface area contributed by atoms with Crippen LogP contribution in [0.25, 0.3) is 11.4 Å². The van der Waals surface area contributed by atoms with Gasteiger partial charge in [-0.25, -0.2) is 4.98 Å². The van der Waals surface area contributed by atoms with Crippen LogP contribution in [0.5, 0.6) is 0 Å². The SMILES string of the molecule is Cc1nc(-c2cc(N)ccc2Br)n[nH]1. The van der Waals surface area contributed by atoms with E-state index in [1.54, 1.807) is 0 Å². The summed E-state index contributed by atoms with van der Waals surface area (Å²) in [6, 6.07) is 5.55. The number of anilines is 1. The van der Waals surface area contributed by atoms with Crippen LogP contribution in [0.2, 0.25) is 0 Å². The van der Waals surface area contributed by atoms with E-state index in [4.69, 9.17) is 5.73 Å². The van der Waals surface area contributed by atoms with Crippen molar-refractivity contribution in [2.45, 2.75) is 6.92 Å². The minimum absolute atomic E-state index is 0.654. The Balaban J connectivity index is 2.55. The third-order valence-electron chi connectivity index (χ3n) is 1.83. The number of nitrogen functional groups attached to an aromatic ring is 1. The summed E-state index contributed by atoms with van der Waals surface area (Å²) in [6.07, 6.45) is 0. The fraction of sp³-hybridized carbons (Fsp3) is 0.111. The van der Waals surface area contributed by atoms with Gasteiger partial charge >= 0.3 is 0 Å². The van der Waals surface area contributed by atoms with Crippen molar-refractivity contribution in [3.63, 3.8) is 0 Å². The third kappa shape index (κ3) is 1.63. The largest absolute Gasteiger partial charge is 0.399 e. The molecule has 2 rings (SSSR count). The number of nitrogens with two attached hydrogens (primary N) is 1. The lowest BCUT2D eigenvalue weighted by molar-refractivity contribution is 1.04. The highest BCUT2D eigenvalue weighted by Gasteiger charge is 2.07. The molecule has 0 saturated heterocycles. The summed E-state index contributed by atoms with van der Waals surface area (Å²) in [5.41, 5.74) is 7.28. The molecule has 0 saturated carbocycles. The summed E-state index contributed by atoms with van der Waals surface area (Å²) in [5.74, 6) is 1.44. The van der Waals surface area contributed by atoms with E-state index in [9.17, 15) is 0 Å². The number of nitrogens with one attached hydrogen (secondary N) is 1. The van der Waals surface area contributed by atoms with Gasteiger partial charge in [0.05, 0.1) is 0 Å². The van der Waals surface area contributed by atoms with Gasteiger partial charge in [-0.05, 0) is 25.1 Å². The lowest BCUT2D eigenvalue weighted by Crippen LogP contribution is -1.88. The molecule has 72 valence electrons. The Labute approximate surface area is 89.7 Å². The molecule has 0 spiro atoms. The second-order valence-electron chi connectivity index (χ2n) is 2.98. The highest BCUT2D eigenvalue weighted by molar-refractivity contribution is 9.10. The maximum atomic E-state index is 5.69. The molecule has 0 aliphatic heterocycles. The molecule has 1 aromatic heterocycles. The van der Waals surface area contributed by atoms with Crippen molar-refractivity contribution in [1.82, 2.24) is 15.2 Å². The second-order valence-corrected chi connectivity index (χ2v) is 3.84. The minimum Gasteiger partial charge on any atom is -0.399 e. The molecule has 3 N–H and O–H groups in total. The summed E-state index contributed by atoms with van der Waals surface area (Å²) in [6.45, 7) is 1.86. The van der Waals surface area contributed by atoms with Crippen LogP contribution in [-0.4, -0.2) is 15.2 Å². The van der Waals surface area contributed by atoms with Gasteiger partial charge in [-0.1, -0.05) is 15.9 Å². The maximum Gasteiger partial charge on any atom is 0.182 e. The van der Waals surface area contributed by atoms with Gasteiger partial charge in [0, 0.05) is 15.7 Å². The molecule has 0 fully saturated rings. The summed E-state index contributed by atoms with van der Waals surface area (Å²) in [4.78, 5) is 4.23. The van der Waals surface area contributed by atoms with Crippen molar-refractivity contribution in [2.75, 3.05) is 5.73 Å². The lowest BCUT2D eigenvalue weighted by atomic mass is 10.2. The Hall–Kier alpha value is -1.36. The molecule has 0 aliphatic rings. The molecule has 5 heteroatoms. The van der Waals surface area contributed by atoms with Crippen LogP contribution in [0.15, 0.2) is 22.7 Å². The number of hydrogen-bond donors (Lipinski definition) is 2. The summed E-state index contributed by atoms with van der Waals surface area (Å²) in [7, 11) is 0. The quantitative estimate of drug-likeness (QED) is 0.765. The van der Waals surface area contributed by atoms with E-state index in [-0.39, 0.29) is 0 Å². The maximum absolute atomic E-state index is 5.69. The molecule has 0 bridgehead atoms. The Morgan fingerprint density at radius 1 is 1.43 bits per heavy atom. The number of aromatic amines is 1. The number of rotatable bonds is 1. The van der Waals surface area contributed by atoms with E-state index in [2.05, 4.69) is 31.1 Å². The molecule has 0 radical (unpaired) electrons. The topological polar surface area (TPSA) is 67.6 Å². The predicted molar refractivity (Wildman–Crippen MR) is 58.7 cm³/mol. The fourth-order valence-electron chi connectivity index (χ4n) is 1.18. The number of nitrogens with zero attached hydrogens (tertiary/aromatic N) is 2. The average molecular weight is 253 g/mol. The van der Waals surface area contributed by atoms with Gasteiger partial charge in [0.25, 0.3) is 0 Å². The second kappa shape index (κ2) is 3.42. The molecule has 1 heterocycles. The van der Waals surface area contributed by atoms with Gasteiger partial charge in [0.2, 0.25) is 0 Å². The first-order chi connectivity index (χ1) is 6.66. The van der Waals surface area contributed by atoms with Crippen LogP contribution in [0, 0.1) is 6.92 Å². The van der Waals surface area contributed by atoms with Crippen LogP contribution in [-0.2, 0) is 0 Å². The van der Waals surface area contributed by atoms with E-state index in [0.717, 1.165) is 15.9 Å². The predicted octanol–water partition coefficient (Wildman–Crippen LogP) is 2.12. The summed E-state index contributed by atoms with van der Waals surface area (Å²) < 4.78 is 0.936. The zero-order valence-corrected chi connectivity index (χ0v) is 9.17. The van der Waals surface area contributed by atoms with Crippen LogP contribution in [0.1, 0.15) is 5.82 Å². The highest BCUT2D eigenvalue weighted by Crippen LogP contribution is 2.27. The number of halogens is 1. The van der Waals surface area contributed by atoms with Crippen molar-refractivity contribution >= 4 is 21.6 Å². The Kier molecular flexibility index (Phi) is 2.25. The highest BCUT2D eigenvalue weighted by atomic mass is 79.9. The van der Waals surface area contributed by atoms with Gasteiger partial charge in [-0.2, -0.15) is 5.10 Å². The number of hydrogen-bond acceptors (Lipinski definition) is 3. The van der Waals surface area contributed by atoms with Gasteiger partial charge in [0.15, 0.2) is 5.82 Å². The Morgan fingerprint density at radius 3 is 2.86 bits per heavy atom. The van der Waals surface area contributed by atoms with Crippen molar-refractivity contribution < 1.29 is 0 Å². The van der Waals surface area contributed by atoms with E-state index in [1.165, 1.54) is 0 Å². The monoisotopic (exact) mass is 252 g/mol. The smallest absolute Gasteiger partial charge is 0.182 e. The molecule has 2 aromatic rings. The van der Waals surface area contributed by atoms with Gasteiger partial charge < -0.3 is 5.73 Å². The molecular formula is C9H9BrN4.